The molecule has 2 aromatic rings. The molecule has 2 aliphatic heterocycles. The molecule has 1 saturated heterocycles. The van der Waals surface area contributed by atoms with Gasteiger partial charge in [0.25, 0.3) is 11.5 Å². The molecular weight excluding hydrogens is 348 g/mol. The molecule has 0 aliphatic carbocycles. The highest BCUT2D eigenvalue weighted by molar-refractivity contribution is 5.99. The molecule has 0 saturated carbocycles. The van der Waals surface area contributed by atoms with Gasteiger partial charge in [0.1, 0.15) is 17.0 Å². The molecule has 144 valence electrons. The van der Waals surface area contributed by atoms with Crippen molar-refractivity contribution in [2.45, 2.75) is 31.7 Å². The van der Waals surface area contributed by atoms with Crippen molar-refractivity contribution >= 4 is 11.6 Å². The summed E-state index contributed by atoms with van der Waals surface area (Å²) in [6, 6.07) is 1.53. The van der Waals surface area contributed by atoms with Crippen LogP contribution in [-0.4, -0.2) is 58.1 Å². The lowest BCUT2D eigenvalue weighted by atomic mass is 9.94. The van der Waals surface area contributed by atoms with Crippen LogP contribution in [-0.2, 0) is 4.84 Å². The first-order valence-corrected chi connectivity index (χ1v) is 9.21. The van der Waals surface area contributed by atoms with Gasteiger partial charge in [-0.3, -0.25) is 9.59 Å². The lowest BCUT2D eigenvalue weighted by Gasteiger charge is -2.23. The predicted molar refractivity (Wildman–Crippen MR) is 99.4 cm³/mol. The molecular formula is C18H24N6O3. The Morgan fingerprint density at radius 1 is 1.41 bits per heavy atom. The Morgan fingerprint density at radius 3 is 2.89 bits per heavy atom. The van der Waals surface area contributed by atoms with E-state index in [2.05, 4.69) is 20.9 Å². The zero-order chi connectivity index (χ0) is 19.0. The van der Waals surface area contributed by atoms with Crippen molar-refractivity contribution in [1.29, 1.82) is 0 Å². The van der Waals surface area contributed by atoms with E-state index in [0.717, 1.165) is 37.4 Å². The molecule has 1 amide bonds. The van der Waals surface area contributed by atoms with Gasteiger partial charge in [-0.25, -0.2) is 4.52 Å². The van der Waals surface area contributed by atoms with Crippen LogP contribution in [0.2, 0.25) is 0 Å². The van der Waals surface area contributed by atoms with Gasteiger partial charge in [-0.05, 0) is 38.9 Å². The molecule has 0 spiro atoms. The highest BCUT2D eigenvalue weighted by Crippen LogP contribution is 2.25. The molecule has 3 N–H and O–H groups in total. The van der Waals surface area contributed by atoms with Crippen molar-refractivity contribution < 1.29 is 9.63 Å². The lowest BCUT2D eigenvalue weighted by Crippen LogP contribution is -2.38. The molecule has 1 fully saturated rings. The number of aromatic amines is 1. The number of H-pyrrole nitrogens is 1. The number of nitrogens with one attached hydrogen (secondary N) is 3. The van der Waals surface area contributed by atoms with Gasteiger partial charge in [-0.1, -0.05) is 0 Å². The lowest BCUT2D eigenvalue weighted by molar-refractivity contribution is 0.0732. The Morgan fingerprint density at radius 2 is 2.19 bits per heavy atom. The van der Waals surface area contributed by atoms with Gasteiger partial charge in [-0.15, -0.1) is 5.48 Å². The number of carbonyl (C=O) groups is 1. The number of aromatic nitrogens is 3. The zero-order valence-electron chi connectivity index (χ0n) is 15.5. The molecule has 1 atom stereocenters. The van der Waals surface area contributed by atoms with E-state index in [1.165, 1.54) is 6.20 Å². The molecule has 4 rings (SSSR count). The summed E-state index contributed by atoms with van der Waals surface area (Å²) in [7, 11) is 1.73. The van der Waals surface area contributed by atoms with Crippen LogP contribution in [0.1, 0.15) is 41.7 Å². The van der Waals surface area contributed by atoms with E-state index in [-0.39, 0.29) is 23.4 Å². The summed E-state index contributed by atoms with van der Waals surface area (Å²) in [5.41, 5.74) is 4.36. The third-order valence-corrected chi connectivity index (χ3v) is 5.15. The predicted octanol–water partition coefficient (Wildman–Crippen LogP) is 0.369. The summed E-state index contributed by atoms with van der Waals surface area (Å²) in [5.74, 6) is 0.847. The molecule has 9 heteroatoms. The van der Waals surface area contributed by atoms with Gasteiger partial charge in [0.2, 0.25) is 0 Å². The van der Waals surface area contributed by atoms with E-state index in [1.54, 1.807) is 22.5 Å². The monoisotopic (exact) mass is 372 g/mol. The number of amides is 1. The highest BCUT2D eigenvalue weighted by Gasteiger charge is 2.25. The third kappa shape index (κ3) is 3.47. The Bertz CT molecular complexity index is 940. The van der Waals surface area contributed by atoms with E-state index in [9.17, 15) is 9.59 Å². The number of allylic oxidation sites excluding steroid dienone is 1. The summed E-state index contributed by atoms with van der Waals surface area (Å²) in [6.07, 6.45) is 5.35. The Hall–Kier alpha value is -2.65. The normalized spacial score (nSPS) is 20.5. The van der Waals surface area contributed by atoms with E-state index in [0.29, 0.717) is 17.8 Å². The SMILES string of the molecule is CC1=CC(CN(C)C(=O)c2cnn3c(C4CCNCC4)cc(=O)[nH]c23)NO1. The third-order valence-electron chi connectivity index (χ3n) is 5.15. The summed E-state index contributed by atoms with van der Waals surface area (Å²) < 4.78 is 1.71. The molecule has 0 radical (unpaired) electrons. The number of fused-ring (bicyclic) bond motifs is 1. The molecule has 0 aromatic carbocycles. The second kappa shape index (κ2) is 7.16. The van der Waals surface area contributed by atoms with Crippen LogP contribution in [0.3, 0.4) is 0 Å². The van der Waals surface area contributed by atoms with Gasteiger partial charge in [0, 0.05) is 25.6 Å². The van der Waals surface area contributed by atoms with Crippen molar-refractivity contribution in [3.63, 3.8) is 0 Å². The van der Waals surface area contributed by atoms with E-state index < -0.39 is 0 Å². The second-order valence-corrected chi connectivity index (χ2v) is 7.19. The minimum absolute atomic E-state index is 0.0647. The smallest absolute Gasteiger partial charge is 0.259 e. The Balaban J connectivity index is 1.63. The van der Waals surface area contributed by atoms with Gasteiger partial charge >= 0.3 is 0 Å². The van der Waals surface area contributed by atoms with Crippen LogP contribution in [0.5, 0.6) is 0 Å². The summed E-state index contributed by atoms with van der Waals surface area (Å²) in [4.78, 5) is 34.8. The van der Waals surface area contributed by atoms with Gasteiger partial charge in [-0.2, -0.15) is 5.10 Å². The first-order valence-electron chi connectivity index (χ1n) is 9.21. The standard InChI is InChI=1S/C18H24N6O3/c1-11-7-13(22-27-11)10-23(2)18(26)14-9-20-24-15(8-16(25)21-17(14)24)12-3-5-19-6-4-12/h7-9,12-13,19,22H,3-6,10H2,1-2H3,(H,21,25). The first kappa shape index (κ1) is 17.7. The fraction of sp³-hybridized carbons (Fsp3) is 0.500. The maximum Gasteiger partial charge on any atom is 0.259 e. The van der Waals surface area contributed by atoms with Crippen molar-refractivity contribution in [2.75, 3.05) is 26.7 Å². The number of piperidine rings is 1. The van der Waals surface area contributed by atoms with Gasteiger partial charge < -0.3 is 20.0 Å². The number of hydrogen-bond donors (Lipinski definition) is 3. The van der Waals surface area contributed by atoms with Crippen LogP contribution in [0.15, 0.2) is 28.9 Å². The topological polar surface area (TPSA) is 104 Å². The second-order valence-electron chi connectivity index (χ2n) is 7.19. The largest absolute Gasteiger partial charge is 0.413 e. The minimum atomic E-state index is -0.211. The fourth-order valence-corrected chi connectivity index (χ4v) is 3.77. The summed E-state index contributed by atoms with van der Waals surface area (Å²) >= 11 is 0. The average molecular weight is 372 g/mol. The zero-order valence-corrected chi connectivity index (χ0v) is 15.5. The van der Waals surface area contributed by atoms with Crippen LogP contribution in [0.25, 0.3) is 5.65 Å². The van der Waals surface area contributed by atoms with Crippen molar-refractivity contribution in [2.24, 2.45) is 0 Å². The van der Waals surface area contributed by atoms with Crippen molar-refractivity contribution in [3.8, 4) is 0 Å². The van der Waals surface area contributed by atoms with E-state index in [4.69, 9.17) is 4.84 Å². The number of rotatable bonds is 4. The molecule has 2 aromatic heterocycles. The van der Waals surface area contributed by atoms with E-state index >= 15 is 0 Å². The van der Waals surface area contributed by atoms with Crippen molar-refractivity contribution in [3.05, 3.63) is 45.7 Å². The molecule has 1 unspecified atom stereocenters. The van der Waals surface area contributed by atoms with Crippen LogP contribution >= 0.6 is 0 Å². The molecule has 0 bridgehead atoms. The fourth-order valence-electron chi connectivity index (χ4n) is 3.77. The Labute approximate surface area is 156 Å². The quantitative estimate of drug-likeness (QED) is 0.716. The van der Waals surface area contributed by atoms with Crippen molar-refractivity contribution in [1.82, 2.24) is 30.3 Å². The minimum Gasteiger partial charge on any atom is -0.413 e. The highest BCUT2D eigenvalue weighted by atomic mass is 16.7. The molecule has 2 aliphatic rings. The maximum absolute atomic E-state index is 12.9. The first-order chi connectivity index (χ1) is 13.0. The van der Waals surface area contributed by atoms with Gasteiger partial charge in [0.05, 0.1) is 17.9 Å². The average Bonchev–Trinajstić information content (AvgIpc) is 3.27. The summed E-state index contributed by atoms with van der Waals surface area (Å²) in [6.45, 7) is 4.13. The van der Waals surface area contributed by atoms with Crippen LogP contribution in [0.4, 0.5) is 0 Å². The number of likely N-dealkylation sites (N-methyl/N-ethyl adjacent to an activating group) is 1. The number of hydroxylamine groups is 1. The number of nitrogens with zero attached hydrogens (tertiary/aromatic N) is 3. The number of hydrogen-bond acceptors (Lipinski definition) is 6. The van der Waals surface area contributed by atoms with Gasteiger partial charge in [0.15, 0.2) is 0 Å². The Kier molecular flexibility index (Phi) is 4.71. The van der Waals surface area contributed by atoms with Crippen LogP contribution < -0.4 is 16.4 Å². The maximum atomic E-state index is 12.9. The number of carbonyl (C=O) groups excluding carboxylic acids is 1. The molecule has 27 heavy (non-hydrogen) atoms. The van der Waals surface area contributed by atoms with E-state index in [1.807, 2.05) is 13.0 Å². The molecule has 9 nitrogen and oxygen atoms in total. The summed E-state index contributed by atoms with van der Waals surface area (Å²) in [5, 5.41) is 7.73. The molecule has 4 heterocycles. The van der Waals surface area contributed by atoms with Crippen LogP contribution in [0, 0.1) is 0 Å².